The Balaban J connectivity index is 1.52. The van der Waals surface area contributed by atoms with Gasteiger partial charge in [0, 0.05) is 24.2 Å². The van der Waals surface area contributed by atoms with E-state index in [0.29, 0.717) is 17.1 Å². The Morgan fingerprint density at radius 1 is 1.21 bits per heavy atom. The van der Waals surface area contributed by atoms with Gasteiger partial charge in [0.1, 0.15) is 5.76 Å². The molecule has 0 unspecified atom stereocenters. The SMILES string of the molecule is Cc1ccc(Cn2ccsc2=NC(=O)COC(=O)COc2cc(C)on2)cc1. The van der Waals surface area contributed by atoms with Crippen LogP contribution in [0.15, 0.2) is 51.4 Å². The second-order valence-corrected chi connectivity index (χ2v) is 6.90. The molecule has 0 bridgehead atoms. The number of amides is 1. The first kappa shape index (κ1) is 19.6. The van der Waals surface area contributed by atoms with E-state index in [9.17, 15) is 9.59 Å². The van der Waals surface area contributed by atoms with Crippen LogP contribution in [0.5, 0.6) is 5.88 Å². The number of thiazole rings is 1. The molecule has 0 atom stereocenters. The second kappa shape index (κ2) is 9.14. The molecule has 3 aromatic rings. The Bertz CT molecular complexity index is 1020. The summed E-state index contributed by atoms with van der Waals surface area (Å²) in [6, 6.07) is 9.67. The van der Waals surface area contributed by atoms with Gasteiger partial charge in [-0.05, 0) is 24.6 Å². The molecule has 0 radical (unpaired) electrons. The molecule has 0 spiro atoms. The van der Waals surface area contributed by atoms with Crippen molar-refractivity contribution >= 4 is 23.2 Å². The summed E-state index contributed by atoms with van der Waals surface area (Å²) in [5.74, 6) is -0.498. The van der Waals surface area contributed by atoms with E-state index in [-0.39, 0.29) is 12.5 Å². The molecule has 0 saturated carbocycles. The van der Waals surface area contributed by atoms with Crippen LogP contribution in [0.25, 0.3) is 0 Å². The van der Waals surface area contributed by atoms with Gasteiger partial charge in [0.15, 0.2) is 18.0 Å². The highest BCUT2D eigenvalue weighted by molar-refractivity contribution is 7.07. The van der Waals surface area contributed by atoms with Gasteiger partial charge in [-0.3, -0.25) is 4.79 Å². The van der Waals surface area contributed by atoms with Crippen LogP contribution in [-0.2, 0) is 20.9 Å². The third-order valence-electron chi connectivity index (χ3n) is 3.65. The van der Waals surface area contributed by atoms with Gasteiger partial charge in [-0.25, -0.2) is 4.79 Å². The lowest BCUT2D eigenvalue weighted by Crippen LogP contribution is -2.22. The first-order chi connectivity index (χ1) is 13.5. The third kappa shape index (κ3) is 5.65. The Morgan fingerprint density at radius 3 is 2.71 bits per heavy atom. The predicted molar refractivity (Wildman–Crippen MR) is 101 cm³/mol. The smallest absolute Gasteiger partial charge is 0.344 e. The lowest BCUT2D eigenvalue weighted by Gasteiger charge is -2.04. The average molecular weight is 401 g/mol. The molecule has 9 heteroatoms. The number of hydrogen-bond donors (Lipinski definition) is 0. The molecule has 1 aromatic carbocycles. The number of carbonyl (C=O) groups is 2. The van der Waals surface area contributed by atoms with Gasteiger partial charge in [-0.2, -0.15) is 4.99 Å². The lowest BCUT2D eigenvalue weighted by atomic mass is 10.1. The van der Waals surface area contributed by atoms with Gasteiger partial charge < -0.3 is 18.6 Å². The topological polar surface area (TPSA) is 95.9 Å². The molecule has 0 saturated heterocycles. The number of benzene rings is 1. The van der Waals surface area contributed by atoms with Crippen molar-refractivity contribution in [2.75, 3.05) is 13.2 Å². The van der Waals surface area contributed by atoms with Crippen LogP contribution in [0.2, 0.25) is 0 Å². The summed E-state index contributed by atoms with van der Waals surface area (Å²) in [6.45, 7) is 3.50. The van der Waals surface area contributed by atoms with Gasteiger partial charge in [0.25, 0.3) is 11.8 Å². The highest BCUT2D eigenvalue weighted by Crippen LogP contribution is 2.09. The minimum absolute atomic E-state index is 0.182. The van der Waals surface area contributed by atoms with E-state index in [1.807, 2.05) is 47.3 Å². The average Bonchev–Trinajstić information content (AvgIpc) is 3.29. The van der Waals surface area contributed by atoms with E-state index in [2.05, 4.69) is 10.1 Å². The lowest BCUT2D eigenvalue weighted by molar-refractivity contribution is -0.149. The Kier molecular flexibility index (Phi) is 6.38. The van der Waals surface area contributed by atoms with Crippen LogP contribution >= 0.6 is 11.3 Å². The number of aryl methyl sites for hydroxylation is 2. The van der Waals surface area contributed by atoms with E-state index in [1.54, 1.807) is 6.92 Å². The first-order valence-electron chi connectivity index (χ1n) is 8.48. The molecule has 2 aromatic heterocycles. The van der Waals surface area contributed by atoms with E-state index < -0.39 is 18.5 Å². The van der Waals surface area contributed by atoms with Crippen LogP contribution in [0.1, 0.15) is 16.9 Å². The van der Waals surface area contributed by atoms with Crippen LogP contribution in [0.3, 0.4) is 0 Å². The minimum Gasteiger partial charge on any atom is -0.463 e. The second-order valence-electron chi connectivity index (χ2n) is 6.03. The molecular weight excluding hydrogens is 382 g/mol. The maximum Gasteiger partial charge on any atom is 0.344 e. The zero-order valence-corrected chi connectivity index (χ0v) is 16.3. The summed E-state index contributed by atoms with van der Waals surface area (Å²) < 4.78 is 16.7. The van der Waals surface area contributed by atoms with E-state index in [4.69, 9.17) is 14.0 Å². The minimum atomic E-state index is -0.692. The quantitative estimate of drug-likeness (QED) is 0.564. The zero-order chi connectivity index (χ0) is 19.9. The normalized spacial score (nSPS) is 11.4. The number of esters is 1. The van der Waals surface area contributed by atoms with Crippen molar-refractivity contribution in [1.29, 1.82) is 0 Å². The fraction of sp³-hybridized carbons (Fsp3) is 0.263. The largest absolute Gasteiger partial charge is 0.463 e. The summed E-state index contributed by atoms with van der Waals surface area (Å²) in [4.78, 5) is 28.2. The van der Waals surface area contributed by atoms with Crippen molar-refractivity contribution in [2.45, 2.75) is 20.4 Å². The Hall–Kier alpha value is -3.20. The van der Waals surface area contributed by atoms with Crippen LogP contribution in [0.4, 0.5) is 0 Å². The molecule has 0 aliphatic heterocycles. The monoisotopic (exact) mass is 401 g/mol. The van der Waals surface area contributed by atoms with Crippen molar-refractivity contribution in [3.8, 4) is 5.88 Å². The van der Waals surface area contributed by atoms with E-state index in [0.717, 1.165) is 5.56 Å². The molecule has 0 aliphatic rings. The van der Waals surface area contributed by atoms with Crippen LogP contribution < -0.4 is 9.54 Å². The fourth-order valence-corrected chi connectivity index (χ4v) is 3.01. The Labute approximate surface area is 165 Å². The summed E-state index contributed by atoms with van der Waals surface area (Å²) in [5, 5.41) is 5.44. The van der Waals surface area contributed by atoms with Crippen molar-refractivity contribution < 1.29 is 23.6 Å². The van der Waals surface area contributed by atoms with Gasteiger partial charge in [-0.15, -0.1) is 11.3 Å². The third-order valence-corrected chi connectivity index (χ3v) is 4.45. The standard InChI is InChI=1S/C19H19N3O5S/c1-13-3-5-15(6-4-13)10-22-7-8-28-19(22)20-16(23)11-26-18(24)12-25-17-9-14(2)27-21-17/h3-9H,10-12H2,1-2H3. The molecular formula is C19H19N3O5S. The number of aromatic nitrogens is 2. The molecule has 28 heavy (non-hydrogen) atoms. The highest BCUT2D eigenvalue weighted by Gasteiger charge is 2.10. The molecule has 8 nitrogen and oxygen atoms in total. The summed E-state index contributed by atoms with van der Waals surface area (Å²) in [6.07, 6.45) is 1.86. The predicted octanol–water partition coefficient (Wildman–Crippen LogP) is 2.25. The van der Waals surface area contributed by atoms with Crippen LogP contribution in [-0.4, -0.2) is 34.8 Å². The van der Waals surface area contributed by atoms with Crippen molar-refractivity contribution in [1.82, 2.24) is 9.72 Å². The van der Waals surface area contributed by atoms with Crippen molar-refractivity contribution in [3.05, 3.63) is 63.6 Å². The fourth-order valence-electron chi connectivity index (χ4n) is 2.26. The number of rotatable bonds is 7. The number of ether oxygens (including phenoxy) is 2. The molecule has 0 fully saturated rings. The molecule has 0 N–H and O–H groups in total. The number of nitrogens with zero attached hydrogens (tertiary/aromatic N) is 3. The summed E-state index contributed by atoms with van der Waals surface area (Å²) in [5.41, 5.74) is 2.29. The van der Waals surface area contributed by atoms with Crippen molar-refractivity contribution in [3.63, 3.8) is 0 Å². The number of hydrogen-bond acceptors (Lipinski definition) is 7. The maximum atomic E-state index is 12.0. The maximum absolute atomic E-state index is 12.0. The highest BCUT2D eigenvalue weighted by atomic mass is 32.1. The van der Waals surface area contributed by atoms with Crippen LogP contribution in [0, 0.1) is 13.8 Å². The van der Waals surface area contributed by atoms with Gasteiger partial charge in [-0.1, -0.05) is 29.8 Å². The molecule has 0 aliphatic carbocycles. The Morgan fingerprint density at radius 2 is 2.00 bits per heavy atom. The van der Waals surface area contributed by atoms with Gasteiger partial charge in [0.05, 0.1) is 0 Å². The molecule has 3 rings (SSSR count). The van der Waals surface area contributed by atoms with E-state index in [1.165, 1.54) is 23.0 Å². The summed E-state index contributed by atoms with van der Waals surface area (Å²) >= 11 is 1.34. The van der Waals surface area contributed by atoms with Gasteiger partial charge in [0.2, 0.25) is 0 Å². The molecule has 2 heterocycles. The first-order valence-corrected chi connectivity index (χ1v) is 9.36. The van der Waals surface area contributed by atoms with Crippen molar-refractivity contribution in [2.24, 2.45) is 4.99 Å². The zero-order valence-electron chi connectivity index (χ0n) is 15.5. The van der Waals surface area contributed by atoms with E-state index >= 15 is 0 Å². The molecule has 146 valence electrons. The summed E-state index contributed by atoms with van der Waals surface area (Å²) in [7, 11) is 0. The van der Waals surface area contributed by atoms with Gasteiger partial charge >= 0.3 is 5.97 Å². The molecule has 1 amide bonds. The number of carbonyl (C=O) groups excluding carboxylic acids is 2.